The van der Waals surface area contributed by atoms with E-state index < -0.39 is 0 Å². The highest BCUT2D eigenvalue weighted by molar-refractivity contribution is 5.80. The Balaban J connectivity index is 2.35. The van der Waals surface area contributed by atoms with E-state index in [1.54, 1.807) is 6.92 Å². The van der Waals surface area contributed by atoms with E-state index in [4.69, 9.17) is 4.74 Å². The van der Waals surface area contributed by atoms with E-state index >= 15 is 0 Å². The van der Waals surface area contributed by atoms with Crippen LogP contribution >= 0.6 is 0 Å². The summed E-state index contributed by atoms with van der Waals surface area (Å²) in [7, 11) is 3.94. The summed E-state index contributed by atoms with van der Waals surface area (Å²) in [6.07, 6.45) is 0.277. The fourth-order valence-electron chi connectivity index (χ4n) is 1.41. The third-order valence-corrected chi connectivity index (χ3v) is 2.60. The molecule has 0 aliphatic rings. The van der Waals surface area contributed by atoms with E-state index in [0.29, 0.717) is 6.54 Å². The van der Waals surface area contributed by atoms with Crippen molar-refractivity contribution in [1.29, 1.82) is 0 Å². The number of amides is 1. The molecule has 0 spiro atoms. The zero-order chi connectivity index (χ0) is 14.3. The molecule has 0 aromatic heterocycles. The smallest absolute Gasteiger partial charge is 0.306 e. The highest BCUT2D eigenvalue weighted by Gasteiger charge is 2.05. The minimum Gasteiger partial charge on any atom is -0.456 e. The third kappa shape index (κ3) is 5.42. The van der Waals surface area contributed by atoms with Gasteiger partial charge >= 0.3 is 5.97 Å². The number of carbonyl (C=O) groups is 2. The fourth-order valence-corrected chi connectivity index (χ4v) is 1.41. The molecule has 1 aromatic rings. The Hall–Kier alpha value is -2.04. The second-order valence-electron chi connectivity index (χ2n) is 4.35. The summed E-state index contributed by atoms with van der Waals surface area (Å²) in [5, 5.41) is 2.70. The van der Waals surface area contributed by atoms with E-state index in [1.165, 1.54) is 0 Å². The van der Waals surface area contributed by atoms with Crippen LogP contribution in [0.15, 0.2) is 24.3 Å². The van der Waals surface area contributed by atoms with Gasteiger partial charge in [0.05, 0.1) is 0 Å². The number of hydrogen-bond acceptors (Lipinski definition) is 4. The lowest BCUT2D eigenvalue weighted by molar-refractivity contribution is -0.148. The van der Waals surface area contributed by atoms with Gasteiger partial charge in [-0.1, -0.05) is 19.1 Å². The van der Waals surface area contributed by atoms with Crippen LogP contribution in [0.4, 0.5) is 5.69 Å². The SMILES string of the molecule is CCC(=O)OCC(=O)NCc1ccc(N(C)C)cc1. The van der Waals surface area contributed by atoms with Gasteiger partial charge in [-0.05, 0) is 17.7 Å². The monoisotopic (exact) mass is 264 g/mol. The van der Waals surface area contributed by atoms with Crippen molar-refractivity contribution in [3.8, 4) is 0 Å². The van der Waals surface area contributed by atoms with Gasteiger partial charge in [0, 0.05) is 32.7 Å². The lowest BCUT2D eigenvalue weighted by Gasteiger charge is -2.13. The second-order valence-corrected chi connectivity index (χ2v) is 4.35. The molecule has 5 nitrogen and oxygen atoms in total. The van der Waals surface area contributed by atoms with Crippen LogP contribution in [0.1, 0.15) is 18.9 Å². The predicted octanol–water partition coefficient (Wildman–Crippen LogP) is 1.32. The van der Waals surface area contributed by atoms with Crippen LogP contribution in [0.3, 0.4) is 0 Å². The van der Waals surface area contributed by atoms with Gasteiger partial charge in [0.2, 0.25) is 0 Å². The zero-order valence-corrected chi connectivity index (χ0v) is 11.6. The molecule has 0 bridgehead atoms. The van der Waals surface area contributed by atoms with Crippen LogP contribution in [0.25, 0.3) is 0 Å². The molecule has 0 aliphatic heterocycles. The summed E-state index contributed by atoms with van der Waals surface area (Å²) < 4.78 is 4.73. The van der Waals surface area contributed by atoms with Gasteiger partial charge in [-0.15, -0.1) is 0 Å². The highest BCUT2D eigenvalue weighted by atomic mass is 16.5. The van der Waals surface area contributed by atoms with Crippen molar-refractivity contribution >= 4 is 17.6 Å². The van der Waals surface area contributed by atoms with E-state index in [-0.39, 0.29) is 24.9 Å². The summed E-state index contributed by atoms with van der Waals surface area (Å²) in [6, 6.07) is 7.87. The van der Waals surface area contributed by atoms with Gasteiger partial charge in [-0.3, -0.25) is 9.59 Å². The van der Waals surface area contributed by atoms with E-state index in [0.717, 1.165) is 11.3 Å². The predicted molar refractivity (Wildman–Crippen MR) is 73.9 cm³/mol. The average molecular weight is 264 g/mol. The average Bonchev–Trinajstić information content (AvgIpc) is 2.42. The second kappa shape index (κ2) is 7.41. The number of carbonyl (C=O) groups excluding carboxylic acids is 2. The summed E-state index contributed by atoms with van der Waals surface area (Å²) >= 11 is 0. The molecule has 104 valence electrons. The molecule has 0 saturated carbocycles. The van der Waals surface area contributed by atoms with Gasteiger partial charge < -0.3 is 15.0 Å². The molecule has 0 unspecified atom stereocenters. The molecular formula is C14H20N2O3. The molecule has 1 rings (SSSR count). The topological polar surface area (TPSA) is 58.6 Å². The first-order valence-corrected chi connectivity index (χ1v) is 6.21. The molecule has 0 aliphatic carbocycles. The van der Waals surface area contributed by atoms with Crippen molar-refractivity contribution in [2.75, 3.05) is 25.6 Å². The number of esters is 1. The largest absolute Gasteiger partial charge is 0.456 e. The first-order chi connectivity index (χ1) is 9.02. The number of ether oxygens (including phenoxy) is 1. The number of rotatable bonds is 6. The van der Waals surface area contributed by atoms with E-state index in [1.807, 2.05) is 43.3 Å². The lowest BCUT2D eigenvalue weighted by atomic mass is 10.2. The van der Waals surface area contributed by atoms with Gasteiger partial charge in [0.1, 0.15) is 0 Å². The van der Waals surface area contributed by atoms with E-state index in [2.05, 4.69) is 5.32 Å². The number of benzene rings is 1. The number of nitrogens with one attached hydrogen (secondary N) is 1. The Morgan fingerprint density at radius 2 is 1.84 bits per heavy atom. The normalized spacial score (nSPS) is 9.84. The van der Waals surface area contributed by atoms with Crippen molar-refractivity contribution in [2.24, 2.45) is 0 Å². The number of anilines is 1. The number of hydrogen-bond donors (Lipinski definition) is 1. The summed E-state index contributed by atoms with van der Waals surface area (Å²) in [6.45, 7) is 1.89. The van der Waals surface area contributed by atoms with Crippen molar-refractivity contribution in [1.82, 2.24) is 5.32 Å². The quantitative estimate of drug-likeness (QED) is 0.787. The Morgan fingerprint density at radius 3 is 2.37 bits per heavy atom. The van der Waals surface area contributed by atoms with Gasteiger partial charge in [0.15, 0.2) is 6.61 Å². The molecule has 0 radical (unpaired) electrons. The molecule has 19 heavy (non-hydrogen) atoms. The van der Waals surface area contributed by atoms with Crippen molar-refractivity contribution in [2.45, 2.75) is 19.9 Å². The molecule has 0 atom stereocenters. The molecule has 1 aromatic carbocycles. The lowest BCUT2D eigenvalue weighted by Crippen LogP contribution is -2.28. The third-order valence-electron chi connectivity index (χ3n) is 2.60. The maximum absolute atomic E-state index is 11.4. The molecule has 5 heteroatoms. The maximum Gasteiger partial charge on any atom is 0.306 e. The Labute approximate surface area is 113 Å². The van der Waals surface area contributed by atoms with Crippen molar-refractivity contribution < 1.29 is 14.3 Å². The van der Waals surface area contributed by atoms with Crippen LogP contribution in [-0.2, 0) is 20.9 Å². The fraction of sp³-hybridized carbons (Fsp3) is 0.429. The van der Waals surface area contributed by atoms with Crippen LogP contribution in [0.5, 0.6) is 0 Å². The Kier molecular flexibility index (Phi) is 5.85. The first-order valence-electron chi connectivity index (χ1n) is 6.21. The summed E-state index contributed by atoms with van der Waals surface area (Å²) in [5.41, 5.74) is 2.10. The molecule has 0 heterocycles. The minimum atomic E-state index is -0.370. The van der Waals surface area contributed by atoms with Gasteiger partial charge in [-0.2, -0.15) is 0 Å². The summed E-state index contributed by atoms with van der Waals surface area (Å²) in [5.74, 6) is -0.663. The first kappa shape index (κ1) is 15.0. The van der Waals surface area contributed by atoms with Gasteiger partial charge in [0.25, 0.3) is 5.91 Å². The standard InChI is InChI=1S/C14H20N2O3/c1-4-14(18)19-10-13(17)15-9-11-5-7-12(8-6-11)16(2)3/h5-8H,4,9-10H2,1-3H3,(H,15,17). The van der Waals surface area contributed by atoms with Gasteiger partial charge in [-0.25, -0.2) is 0 Å². The molecule has 0 saturated heterocycles. The molecule has 1 amide bonds. The highest BCUT2D eigenvalue weighted by Crippen LogP contribution is 2.11. The van der Waals surface area contributed by atoms with Crippen LogP contribution in [0.2, 0.25) is 0 Å². The van der Waals surface area contributed by atoms with Crippen LogP contribution in [0, 0.1) is 0 Å². The van der Waals surface area contributed by atoms with Crippen LogP contribution < -0.4 is 10.2 Å². The van der Waals surface area contributed by atoms with Crippen molar-refractivity contribution in [3.05, 3.63) is 29.8 Å². The molecule has 0 fully saturated rings. The Morgan fingerprint density at radius 1 is 1.21 bits per heavy atom. The number of nitrogens with zero attached hydrogens (tertiary/aromatic N) is 1. The molecule has 1 N–H and O–H groups in total. The minimum absolute atomic E-state index is 0.220. The summed E-state index contributed by atoms with van der Waals surface area (Å²) in [4.78, 5) is 24.3. The van der Waals surface area contributed by atoms with Crippen LogP contribution in [-0.4, -0.2) is 32.6 Å². The maximum atomic E-state index is 11.4. The zero-order valence-electron chi connectivity index (χ0n) is 11.6. The molecular weight excluding hydrogens is 244 g/mol. The van der Waals surface area contributed by atoms with E-state index in [9.17, 15) is 9.59 Å². The van der Waals surface area contributed by atoms with Crippen molar-refractivity contribution in [3.63, 3.8) is 0 Å². The Bertz CT molecular complexity index is 427.